The van der Waals surface area contributed by atoms with E-state index in [4.69, 9.17) is 4.98 Å². The predicted octanol–water partition coefficient (Wildman–Crippen LogP) is 3.37. The van der Waals surface area contributed by atoms with Crippen LogP contribution >= 0.6 is 11.3 Å². The number of hydrogen-bond acceptors (Lipinski definition) is 4. The van der Waals surface area contributed by atoms with E-state index in [1.807, 2.05) is 0 Å². The van der Waals surface area contributed by atoms with E-state index < -0.39 is 0 Å². The van der Waals surface area contributed by atoms with Gasteiger partial charge in [0.15, 0.2) is 0 Å². The van der Waals surface area contributed by atoms with Crippen LogP contribution in [-0.4, -0.2) is 31.2 Å². The van der Waals surface area contributed by atoms with Gasteiger partial charge >= 0.3 is 0 Å². The van der Waals surface area contributed by atoms with Gasteiger partial charge < -0.3 is 10.2 Å². The summed E-state index contributed by atoms with van der Waals surface area (Å²) in [5.74, 6) is 1.09. The number of nitrogens with zero attached hydrogens (tertiary/aromatic N) is 2. The number of nitrogens with one attached hydrogen (secondary N) is 1. The Morgan fingerprint density at radius 3 is 2.76 bits per heavy atom. The Morgan fingerprint density at radius 1 is 1.00 bits per heavy atom. The fraction of sp³-hybridized carbons (Fsp3) is 0.235. The highest BCUT2D eigenvalue weighted by Crippen LogP contribution is 2.32. The zero-order valence-corrected chi connectivity index (χ0v) is 12.6. The molecule has 0 unspecified atom stereocenters. The number of thiophene rings is 1. The second kappa shape index (κ2) is 5.47. The first kappa shape index (κ1) is 12.8. The maximum Gasteiger partial charge on any atom is 0.129 e. The Bertz CT molecular complexity index is 759. The third-order valence-electron chi connectivity index (χ3n) is 3.93. The van der Waals surface area contributed by atoms with Crippen LogP contribution in [0.25, 0.3) is 21.3 Å². The van der Waals surface area contributed by atoms with E-state index in [0.717, 1.165) is 37.7 Å². The van der Waals surface area contributed by atoms with Crippen molar-refractivity contribution in [3.63, 3.8) is 0 Å². The van der Waals surface area contributed by atoms with Crippen LogP contribution in [0.5, 0.6) is 0 Å². The summed E-state index contributed by atoms with van der Waals surface area (Å²) in [6, 6.07) is 15.0. The highest BCUT2D eigenvalue weighted by molar-refractivity contribution is 7.17. The van der Waals surface area contributed by atoms with Crippen molar-refractivity contribution in [2.45, 2.75) is 0 Å². The molecule has 4 rings (SSSR count). The first-order valence-corrected chi connectivity index (χ1v) is 8.19. The molecule has 4 heteroatoms. The first-order chi connectivity index (χ1) is 10.4. The minimum absolute atomic E-state index is 1.03. The number of aromatic nitrogens is 1. The molecular weight excluding hydrogens is 278 g/mol. The van der Waals surface area contributed by atoms with Gasteiger partial charge in [-0.2, -0.15) is 0 Å². The quantitative estimate of drug-likeness (QED) is 0.785. The average molecular weight is 295 g/mol. The third kappa shape index (κ3) is 2.41. The molecule has 21 heavy (non-hydrogen) atoms. The second-order valence-electron chi connectivity index (χ2n) is 5.26. The minimum atomic E-state index is 1.03. The smallest absolute Gasteiger partial charge is 0.129 e. The lowest BCUT2D eigenvalue weighted by Crippen LogP contribution is -2.43. The zero-order chi connectivity index (χ0) is 14.1. The number of pyridine rings is 1. The van der Waals surface area contributed by atoms with Crippen LogP contribution in [0.1, 0.15) is 0 Å². The van der Waals surface area contributed by atoms with Crippen LogP contribution in [0.15, 0.2) is 47.8 Å². The molecule has 106 valence electrons. The van der Waals surface area contributed by atoms with E-state index in [1.54, 1.807) is 11.3 Å². The van der Waals surface area contributed by atoms with E-state index in [-0.39, 0.29) is 0 Å². The lowest BCUT2D eigenvalue weighted by Gasteiger charge is -2.28. The van der Waals surface area contributed by atoms with Gasteiger partial charge in [0.25, 0.3) is 0 Å². The minimum Gasteiger partial charge on any atom is -0.354 e. The Balaban J connectivity index is 1.76. The molecule has 0 atom stereocenters. The largest absolute Gasteiger partial charge is 0.354 e. The van der Waals surface area contributed by atoms with Crippen molar-refractivity contribution >= 4 is 27.2 Å². The molecule has 1 fully saturated rings. The number of anilines is 1. The normalized spacial score (nSPS) is 15.5. The van der Waals surface area contributed by atoms with Crippen molar-refractivity contribution in [1.82, 2.24) is 10.3 Å². The molecule has 3 aromatic rings. The van der Waals surface area contributed by atoms with Gasteiger partial charge in [-0.05, 0) is 29.0 Å². The molecule has 1 N–H and O–H groups in total. The number of hydrogen-bond donors (Lipinski definition) is 1. The number of benzene rings is 1. The summed E-state index contributed by atoms with van der Waals surface area (Å²) in [6.45, 7) is 4.12. The van der Waals surface area contributed by atoms with Crippen LogP contribution in [0.3, 0.4) is 0 Å². The maximum atomic E-state index is 4.90. The van der Waals surface area contributed by atoms with E-state index in [2.05, 4.69) is 58.1 Å². The fourth-order valence-electron chi connectivity index (χ4n) is 2.84. The van der Waals surface area contributed by atoms with E-state index in [9.17, 15) is 0 Å². The molecule has 0 radical (unpaired) electrons. The summed E-state index contributed by atoms with van der Waals surface area (Å²) in [4.78, 5) is 7.26. The van der Waals surface area contributed by atoms with Crippen LogP contribution in [0.2, 0.25) is 0 Å². The van der Waals surface area contributed by atoms with Crippen molar-refractivity contribution in [2.75, 3.05) is 31.1 Å². The summed E-state index contributed by atoms with van der Waals surface area (Å²) in [6.07, 6.45) is 0. The lowest BCUT2D eigenvalue weighted by molar-refractivity contribution is 0.585. The Hall–Kier alpha value is -1.91. The highest BCUT2D eigenvalue weighted by Gasteiger charge is 2.13. The summed E-state index contributed by atoms with van der Waals surface area (Å²) in [5.41, 5.74) is 2.30. The predicted molar refractivity (Wildman–Crippen MR) is 90.1 cm³/mol. The Labute approximate surface area is 128 Å². The zero-order valence-electron chi connectivity index (χ0n) is 11.7. The summed E-state index contributed by atoms with van der Waals surface area (Å²) in [7, 11) is 0. The van der Waals surface area contributed by atoms with Crippen molar-refractivity contribution in [2.24, 2.45) is 0 Å². The summed E-state index contributed by atoms with van der Waals surface area (Å²) < 4.78 is 1.32. The Kier molecular flexibility index (Phi) is 3.33. The monoisotopic (exact) mass is 295 g/mol. The third-order valence-corrected chi connectivity index (χ3v) is 4.89. The maximum absolute atomic E-state index is 4.90. The standard InChI is InChI=1S/C17H17N3S/c1-3-13-7-12-21-17(13)14(4-1)15-5-2-6-16(19-15)20-10-8-18-9-11-20/h1-7,12,18H,8-11H2. The van der Waals surface area contributed by atoms with Gasteiger partial charge in [0, 0.05) is 36.4 Å². The molecule has 0 bridgehead atoms. The molecule has 2 aromatic heterocycles. The molecule has 3 heterocycles. The topological polar surface area (TPSA) is 28.2 Å². The SMILES string of the molecule is c1cc(-c2cccc3ccsc23)nc(N2CCNCC2)c1. The molecule has 1 aromatic carbocycles. The average Bonchev–Trinajstić information content (AvgIpc) is 3.04. The fourth-order valence-corrected chi connectivity index (χ4v) is 3.76. The molecule has 0 aliphatic carbocycles. The summed E-state index contributed by atoms with van der Waals surface area (Å²) >= 11 is 1.79. The number of rotatable bonds is 2. The molecule has 0 spiro atoms. The van der Waals surface area contributed by atoms with Crippen molar-refractivity contribution in [1.29, 1.82) is 0 Å². The van der Waals surface area contributed by atoms with Crippen molar-refractivity contribution < 1.29 is 0 Å². The van der Waals surface area contributed by atoms with Crippen LogP contribution in [0, 0.1) is 0 Å². The molecule has 0 saturated carbocycles. The molecular formula is C17H17N3S. The van der Waals surface area contributed by atoms with E-state index >= 15 is 0 Å². The van der Waals surface area contributed by atoms with Crippen molar-refractivity contribution in [3.05, 3.63) is 47.8 Å². The second-order valence-corrected chi connectivity index (χ2v) is 6.18. The first-order valence-electron chi connectivity index (χ1n) is 7.31. The van der Waals surface area contributed by atoms with Gasteiger partial charge in [-0.25, -0.2) is 4.98 Å². The van der Waals surface area contributed by atoms with Crippen LogP contribution in [0.4, 0.5) is 5.82 Å². The molecule has 1 aliphatic rings. The molecule has 3 nitrogen and oxygen atoms in total. The molecule has 1 aliphatic heterocycles. The van der Waals surface area contributed by atoms with Gasteiger partial charge in [-0.1, -0.05) is 24.3 Å². The van der Waals surface area contributed by atoms with Crippen molar-refractivity contribution in [3.8, 4) is 11.3 Å². The lowest BCUT2D eigenvalue weighted by atomic mass is 10.1. The van der Waals surface area contributed by atoms with Crippen LogP contribution < -0.4 is 10.2 Å². The highest BCUT2D eigenvalue weighted by atomic mass is 32.1. The molecule has 1 saturated heterocycles. The van der Waals surface area contributed by atoms with E-state index in [0.29, 0.717) is 0 Å². The molecule has 0 amide bonds. The van der Waals surface area contributed by atoms with Gasteiger partial charge in [-0.3, -0.25) is 0 Å². The Morgan fingerprint density at radius 2 is 1.86 bits per heavy atom. The van der Waals surface area contributed by atoms with Gasteiger partial charge in [0.05, 0.1) is 5.69 Å². The number of piperazine rings is 1. The van der Waals surface area contributed by atoms with Gasteiger partial charge in [0.1, 0.15) is 5.82 Å². The number of fused-ring (bicyclic) bond motifs is 1. The summed E-state index contributed by atoms with van der Waals surface area (Å²) in [5, 5.41) is 6.83. The van der Waals surface area contributed by atoms with Gasteiger partial charge in [-0.15, -0.1) is 11.3 Å². The van der Waals surface area contributed by atoms with E-state index in [1.165, 1.54) is 15.6 Å². The van der Waals surface area contributed by atoms with Crippen LogP contribution in [-0.2, 0) is 0 Å². The van der Waals surface area contributed by atoms with Gasteiger partial charge in [0.2, 0.25) is 0 Å².